The molecule has 3 aromatic rings. The van der Waals surface area contributed by atoms with Gasteiger partial charge in [0.25, 0.3) is 0 Å². The fourth-order valence-electron chi connectivity index (χ4n) is 5.06. The molecule has 3 atom stereocenters. The molecule has 0 radical (unpaired) electrons. The summed E-state index contributed by atoms with van der Waals surface area (Å²) in [5.41, 5.74) is 2.20. The van der Waals surface area contributed by atoms with Crippen LogP contribution in [0.3, 0.4) is 0 Å². The maximum atomic E-state index is 13.0. The third kappa shape index (κ3) is 3.57. The Kier molecular flexibility index (Phi) is 4.94. The van der Waals surface area contributed by atoms with E-state index in [1.807, 2.05) is 31.6 Å². The first-order valence-electron chi connectivity index (χ1n) is 10.8. The molecule has 1 amide bonds. The van der Waals surface area contributed by atoms with Gasteiger partial charge < -0.3 is 5.32 Å². The van der Waals surface area contributed by atoms with Crippen LogP contribution < -0.4 is 5.32 Å². The first kappa shape index (κ1) is 20.0. The molecule has 2 fully saturated rings. The molecule has 2 saturated carbocycles. The van der Waals surface area contributed by atoms with E-state index >= 15 is 0 Å². The molecule has 158 valence electrons. The van der Waals surface area contributed by atoms with Gasteiger partial charge in [-0.25, -0.2) is 4.98 Å². The average Bonchev–Trinajstić information content (AvgIpc) is 3.31. The highest BCUT2D eigenvalue weighted by Gasteiger charge is 2.54. The van der Waals surface area contributed by atoms with Crippen molar-refractivity contribution in [1.29, 1.82) is 5.26 Å². The first-order chi connectivity index (χ1) is 15.0. The normalized spacial score (nSPS) is 26.8. The maximum absolute atomic E-state index is 13.0. The van der Waals surface area contributed by atoms with Crippen molar-refractivity contribution in [3.8, 4) is 6.07 Å². The molecule has 2 heterocycles. The molecule has 6 nitrogen and oxygen atoms in total. The number of aromatic nitrogens is 3. The number of benzene rings is 1. The van der Waals surface area contributed by atoms with Crippen molar-refractivity contribution in [3.05, 3.63) is 52.9 Å². The van der Waals surface area contributed by atoms with Crippen LogP contribution in [-0.2, 0) is 11.8 Å². The molecule has 2 aliphatic carbocycles. The van der Waals surface area contributed by atoms with Crippen molar-refractivity contribution in [3.63, 3.8) is 0 Å². The zero-order valence-corrected chi connectivity index (χ0v) is 18.3. The molecule has 0 unspecified atom stereocenters. The van der Waals surface area contributed by atoms with Crippen LogP contribution >= 0.6 is 11.6 Å². The highest BCUT2D eigenvalue weighted by Crippen LogP contribution is 2.56. The second kappa shape index (κ2) is 7.65. The Morgan fingerprint density at radius 1 is 1.29 bits per heavy atom. The Labute approximate surface area is 186 Å². The minimum Gasteiger partial charge on any atom is -0.310 e. The molecule has 0 saturated heterocycles. The number of hydrogen-bond donors (Lipinski definition) is 1. The molecule has 7 heteroatoms. The van der Waals surface area contributed by atoms with Crippen molar-refractivity contribution in [1.82, 2.24) is 14.8 Å². The van der Waals surface area contributed by atoms with Crippen molar-refractivity contribution in [2.75, 3.05) is 5.32 Å². The molecule has 5 rings (SSSR count). The van der Waals surface area contributed by atoms with Crippen LogP contribution in [0.25, 0.3) is 10.8 Å². The molecular weight excluding hydrogens is 410 g/mol. The van der Waals surface area contributed by atoms with Gasteiger partial charge in [0.15, 0.2) is 0 Å². The number of rotatable bonds is 5. The Morgan fingerprint density at radius 2 is 2.10 bits per heavy atom. The van der Waals surface area contributed by atoms with Gasteiger partial charge in [-0.3, -0.25) is 9.48 Å². The van der Waals surface area contributed by atoms with E-state index in [1.165, 1.54) is 0 Å². The van der Waals surface area contributed by atoms with E-state index < -0.39 is 0 Å². The minimum atomic E-state index is -0.0506. The highest BCUT2D eigenvalue weighted by atomic mass is 35.5. The fourth-order valence-corrected chi connectivity index (χ4v) is 5.38. The number of amides is 1. The lowest BCUT2D eigenvalue weighted by Gasteiger charge is -2.31. The standard InChI is InChI=1S/C24H24ClN5O/c1-3-18-22(17-11-28-30(2)12-17)23(18)24(31)29-21-8-14-6-19(15-4-13(5-15)9-26)20(25)7-16(14)10-27-21/h6-8,10-13,15,18,22-23H,3-5H2,1-2H3,(H,27,29,31)/t13-,15+,18-,22+,23+/m1/s1. The van der Waals surface area contributed by atoms with E-state index in [2.05, 4.69) is 34.5 Å². The van der Waals surface area contributed by atoms with E-state index in [-0.39, 0.29) is 23.7 Å². The third-order valence-electron chi connectivity index (χ3n) is 6.90. The predicted molar refractivity (Wildman–Crippen MR) is 120 cm³/mol. The topological polar surface area (TPSA) is 83.6 Å². The van der Waals surface area contributed by atoms with Gasteiger partial charge in [0.2, 0.25) is 5.91 Å². The van der Waals surface area contributed by atoms with Gasteiger partial charge in [-0.05, 0) is 59.4 Å². The summed E-state index contributed by atoms with van der Waals surface area (Å²) in [7, 11) is 1.89. The van der Waals surface area contributed by atoms with Crippen LogP contribution in [0.15, 0.2) is 36.8 Å². The Bertz CT molecular complexity index is 1210. The predicted octanol–water partition coefficient (Wildman–Crippen LogP) is 5.02. The number of fused-ring (bicyclic) bond motifs is 1. The number of anilines is 1. The maximum Gasteiger partial charge on any atom is 0.229 e. The summed E-state index contributed by atoms with van der Waals surface area (Å²) in [5, 5.41) is 19.0. The Hall–Kier alpha value is -2.91. The summed E-state index contributed by atoms with van der Waals surface area (Å²) in [6.45, 7) is 2.12. The second-order valence-electron chi connectivity index (χ2n) is 8.85. The van der Waals surface area contributed by atoms with Gasteiger partial charge in [-0.15, -0.1) is 0 Å². The van der Waals surface area contributed by atoms with Crippen molar-refractivity contribution in [2.45, 2.75) is 38.0 Å². The number of carbonyl (C=O) groups is 1. The van der Waals surface area contributed by atoms with Crippen LogP contribution in [0.2, 0.25) is 5.02 Å². The van der Waals surface area contributed by atoms with E-state index in [0.29, 0.717) is 17.7 Å². The van der Waals surface area contributed by atoms with E-state index in [4.69, 9.17) is 16.9 Å². The molecule has 0 aliphatic heterocycles. The summed E-state index contributed by atoms with van der Waals surface area (Å²) in [6, 6.07) is 8.25. The van der Waals surface area contributed by atoms with Crippen molar-refractivity contribution >= 4 is 34.1 Å². The minimum absolute atomic E-state index is 0.0117. The smallest absolute Gasteiger partial charge is 0.229 e. The number of carbonyl (C=O) groups excluding carboxylic acids is 1. The fraction of sp³-hybridized carbons (Fsp3) is 0.417. The average molecular weight is 434 g/mol. The number of nitriles is 1. The molecule has 0 spiro atoms. The zero-order valence-electron chi connectivity index (χ0n) is 17.5. The summed E-state index contributed by atoms with van der Waals surface area (Å²) in [5.74, 6) is 1.52. The van der Waals surface area contributed by atoms with E-state index in [0.717, 1.165) is 46.2 Å². The van der Waals surface area contributed by atoms with Crippen LogP contribution in [0.5, 0.6) is 0 Å². The molecule has 2 aliphatic rings. The summed E-state index contributed by atoms with van der Waals surface area (Å²) >= 11 is 6.50. The molecule has 1 aromatic carbocycles. The largest absolute Gasteiger partial charge is 0.310 e. The first-order valence-corrected chi connectivity index (χ1v) is 11.1. The molecule has 0 bridgehead atoms. The number of hydrogen-bond acceptors (Lipinski definition) is 4. The lowest BCUT2D eigenvalue weighted by atomic mass is 9.72. The zero-order chi connectivity index (χ0) is 21.7. The quantitative estimate of drug-likeness (QED) is 0.612. The SMILES string of the molecule is CC[C@H]1[C@H](C(=O)Nc2cc3cc([C@H]4C[C@@H](C#N)C4)c(Cl)cc3cn2)[C@H]1c1cnn(C)c1. The second-order valence-corrected chi connectivity index (χ2v) is 9.25. The van der Waals surface area contributed by atoms with E-state index in [9.17, 15) is 4.79 Å². The van der Waals surface area contributed by atoms with Gasteiger partial charge in [0.1, 0.15) is 5.82 Å². The number of aryl methyl sites for hydroxylation is 1. The molecule has 31 heavy (non-hydrogen) atoms. The van der Waals surface area contributed by atoms with E-state index in [1.54, 1.807) is 10.9 Å². The van der Waals surface area contributed by atoms with Gasteiger partial charge in [-0.1, -0.05) is 24.9 Å². The van der Waals surface area contributed by atoms with Crippen LogP contribution in [-0.4, -0.2) is 20.7 Å². The number of halogens is 1. The van der Waals surface area contributed by atoms with Gasteiger partial charge >= 0.3 is 0 Å². The third-order valence-corrected chi connectivity index (χ3v) is 7.23. The number of pyridine rings is 1. The molecular formula is C24H24ClN5O. The Morgan fingerprint density at radius 3 is 2.77 bits per heavy atom. The van der Waals surface area contributed by atoms with Crippen molar-refractivity contribution in [2.24, 2.45) is 24.8 Å². The molecule has 2 aromatic heterocycles. The number of nitrogens with one attached hydrogen (secondary N) is 1. The van der Waals surface area contributed by atoms with Gasteiger partial charge in [0, 0.05) is 47.6 Å². The van der Waals surface area contributed by atoms with Gasteiger partial charge in [-0.2, -0.15) is 10.4 Å². The summed E-state index contributed by atoms with van der Waals surface area (Å²) in [4.78, 5) is 17.4. The van der Waals surface area contributed by atoms with Crippen molar-refractivity contribution < 1.29 is 4.79 Å². The van der Waals surface area contributed by atoms with Crippen LogP contribution in [0.4, 0.5) is 5.82 Å². The van der Waals surface area contributed by atoms with Crippen LogP contribution in [0, 0.1) is 29.1 Å². The van der Waals surface area contributed by atoms with Gasteiger partial charge in [0.05, 0.1) is 12.3 Å². The Balaban J connectivity index is 1.35. The number of nitrogens with zero attached hydrogens (tertiary/aromatic N) is 4. The lowest BCUT2D eigenvalue weighted by Crippen LogP contribution is -2.20. The summed E-state index contributed by atoms with van der Waals surface area (Å²) in [6.07, 6.45) is 8.27. The molecule has 1 N–H and O–H groups in total. The van der Waals surface area contributed by atoms with Crippen LogP contribution in [0.1, 0.15) is 49.1 Å². The highest BCUT2D eigenvalue weighted by molar-refractivity contribution is 6.32. The monoisotopic (exact) mass is 433 g/mol. The summed E-state index contributed by atoms with van der Waals surface area (Å²) < 4.78 is 1.78. The lowest BCUT2D eigenvalue weighted by molar-refractivity contribution is -0.117.